The molecule has 1 aliphatic carbocycles. The van der Waals surface area contributed by atoms with Gasteiger partial charge in [-0.25, -0.2) is 0 Å². The van der Waals surface area contributed by atoms with E-state index in [4.69, 9.17) is 9.15 Å². The minimum Gasteiger partial charge on any atom is -0.455 e. The predicted molar refractivity (Wildman–Crippen MR) is 105 cm³/mol. The Bertz CT molecular complexity index is 976. The minimum absolute atomic E-state index is 0.171. The second-order valence-corrected chi connectivity index (χ2v) is 7.36. The molecule has 1 fully saturated rings. The van der Waals surface area contributed by atoms with E-state index in [2.05, 4.69) is 10.5 Å². The topological polar surface area (TPSA) is 67.1 Å². The van der Waals surface area contributed by atoms with Crippen LogP contribution < -0.4 is 5.43 Å². The zero-order valence-corrected chi connectivity index (χ0v) is 16.5. The van der Waals surface area contributed by atoms with Crippen molar-refractivity contribution in [2.45, 2.75) is 32.4 Å². The van der Waals surface area contributed by atoms with Crippen LogP contribution in [0.4, 0.5) is 18.9 Å². The number of furan rings is 1. The summed E-state index contributed by atoms with van der Waals surface area (Å²) in [5.74, 6) is 0.825. The molecule has 1 aromatic heterocycles. The number of halogens is 3. The molecular formula is C21H22F3N3O3. The monoisotopic (exact) mass is 421 g/mol. The Kier molecular flexibility index (Phi) is 5.55. The molecule has 1 saturated heterocycles. The third kappa shape index (κ3) is 4.07. The zero-order chi connectivity index (χ0) is 21.3. The molecule has 0 unspecified atom stereocenters. The van der Waals surface area contributed by atoms with Gasteiger partial charge in [-0.15, -0.1) is 0 Å². The number of carbonyl (C=O) groups is 1. The standard InChI is InChI=1S/C21H22F3N3O3/c1-13-18-16(26-25-15-5-2-4-14(12-15)21(22,23)24)6-3-7-17(18)30-19(13)20(28)27-8-10-29-11-9-27/h2,4-5,12,25H,3,6-11H2,1H3/b26-16+. The van der Waals surface area contributed by atoms with Gasteiger partial charge in [-0.1, -0.05) is 6.07 Å². The number of ether oxygens (including phenoxy) is 1. The highest BCUT2D eigenvalue weighted by atomic mass is 19.4. The van der Waals surface area contributed by atoms with Gasteiger partial charge in [0.1, 0.15) is 5.76 Å². The van der Waals surface area contributed by atoms with Crippen LogP contribution in [0.2, 0.25) is 0 Å². The normalized spacial score (nSPS) is 18.4. The molecule has 1 aromatic carbocycles. The third-order valence-corrected chi connectivity index (χ3v) is 5.33. The molecule has 2 aromatic rings. The second kappa shape index (κ2) is 8.14. The van der Waals surface area contributed by atoms with Crippen molar-refractivity contribution < 1.29 is 27.1 Å². The highest BCUT2D eigenvalue weighted by Gasteiger charge is 2.32. The summed E-state index contributed by atoms with van der Waals surface area (Å²) in [7, 11) is 0. The van der Waals surface area contributed by atoms with Gasteiger partial charge in [0.15, 0.2) is 5.76 Å². The fourth-order valence-electron chi connectivity index (χ4n) is 3.79. The lowest BCUT2D eigenvalue weighted by molar-refractivity contribution is -0.137. The fraction of sp³-hybridized carbons (Fsp3) is 0.429. The summed E-state index contributed by atoms with van der Waals surface area (Å²) in [4.78, 5) is 14.6. The van der Waals surface area contributed by atoms with Crippen molar-refractivity contribution in [3.63, 3.8) is 0 Å². The van der Waals surface area contributed by atoms with Crippen LogP contribution in [-0.2, 0) is 17.3 Å². The summed E-state index contributed by atoms with van der Waals surface area (Å²) in [5, 5.41) is 4.36. The highest BCUT2D eigenvalue weighted by molar-refractivity contribution is 6.06. The van der Waals surface area contributed by atoms with Crippen LogP contribution in [0.25, 0.3) is 0 Å². The van der Waals surface area contributed by atoms with E-state index in [1.807, 2.05) is 6.92 Å². The Hall–Kier alpha value is -2.81. The van der Waals surface area contributed by atoms with Gasteiger partial charge in [-0.2, -0.15) is 18.3 Å². The van der Waals surface area contributed by atoms with Gasteiger partial charge < -0.3 is 14.1 Å². The molecule has 160 valence electrons. The van der Waals surface area contributed by atoms with Gasteiger partial charge >= 0.3 is 6.18 Å². The van der Waals surface area contributed by atoms with Crippen LogP contribution >= 0.6 is 0 Å². The molecule has 6 nitrogen and oxygen atoms in total. The molecular weight excluding hydrogens is 399 g/mol. The quantitative estimate of drug-likeness (QED) is 0.754. The van der Waals surface area contributed by atoms with Crippen LogP contribution in [0.1, 0.15) is 45.8 Å². The number of nitrogens with zero attached hydrogens (tertiary/aromatic N) is 2. The van der Waals surface area contributed by atoms with Crippen molar-refractivity contribution in [1.29, 1.82) is 0 Å². The van der Waals surface area contributed by atoms with Crippen molar-refractivity contribution in [3.8, 4) is 0 Å². The van der Waals surface area contributed by atoms with Crippen molar-refractivity contribution >= 4 is 17.3 Å². The smallest absolute Gasteiger partial charge is 0.416 e. The number of carbonyl (C=O) groups excluding carboxylic acids is 1. The van der Waals surface area contributed by atoms with E-state index in [0.29, 0.717) is 61.9 Å². The predicted octanol–water partition coefficient (Wildman–Crippen LogP) is 4.23. The molecule has 1 amide bonds. The number of fused-ring (bicyclic) bond motifs is 1. The first kappa shape index (κ1) is 20.5. The molecule has 30 heavy (non-hydrogen) atoms. The number of amides is 1. The summed E-state index contributed by atoms with van der Waals surface area (Å²) < 4.78 is 50.0. The number of hydrogen-bond acceptors (Lipinski definition) is 5. The van der Waals surface area contributed by atoms with E-state index < -0.39 is 11.7 Å². The number of hydrazone groups is 1. The third-order valence-electron chi connectivity index (χ3n) is 5.33. The molecule has 0 atom stereocenters. The molecule has 1 aliphatic heterocycles. The molecule has 0 radical (unpaired) electrons. The molecule has 0 spiro atoms. The maximum atomic E-state index is 12.9. The minimum atomic E-state index is -4.42. The van der Waals surface area contributed by atoms with Gasteiger partial charge in [0, 0.05) is 30.6 Å². The van der Waals surface area contributed by atoms with Gasteiger partial charge in [0.25, 0.3) is 5.91 Å². The first-order valence-electron chi connectivity index (χ1n) is 9.84. The molecule has 0 bridgehead atoms. The fourth-order valence-corrected chi connectivity index (χ4v) is 3.79. The van der Waals surface area contributed by atoms with Crippen molar-refractivity contribution in [2.24, 2.45) is 5.10 Å². The number of aryl methyl sites for hydroxylation is 1. The van der Waals surface area contributed by atoms with Gasteiger partial charge in [-0.3, -0.25) is 10.2 Å². The number of nitrogens with one attached hydrogen (secondary N) is 1. The zero-order valence-electron chi connectivity index (χ0n) is 16.5. The molecule has 4 rings (SSSR count). The summed E-state index contributed by atoms with van der Waals surface area (Å²) in [6, 6.07) is 4.89. The number of alkyl halides is 3. The molecule has 9 heteroatoms. The SMILES string of the molecule is Cc1c(C(=O)N2CCOCC2)oc2c1/C(=N/Nc1cccc(C(F)(F)F)c1)CCC2. The lowest BCUT2D eigenvalue weighted by atomic mass is 9.93. The van der Waals surface area contributed by atoms with Crippen molar-refractivity contribution in [1.82, 2.24) is 4.90 Å². The van der Waals surface area contributed by atoms with Gasteiger partial charge in [0.05, 0.1) is 30.2 Å². The van der Waals surface area contributed by atoms with Gasteiger partial charge in [-0.05, 0) is 38.0 Å². The van der Waals surface area contributed by atoms with E-state index >= 15 is 0 Å². The van der Waals surface area contributed by atoms with Gasteiger partial charge in [0.2, 0.25) is 0 Å². The number of morpholine rings is 1. The van der Waals surface area contributed by atoms with Crippen molar-refractivity contribution in [2.75, 3.05) is 31.7 Å². The lowest BCUT2D eigenvalue weighted by Crippen LogP contribution is -2.40. The summed E-state index contributed by atoms with van der Waals surface area (Å²) in [6.45, 7) is 3.85. The Morgan fingerprint density at radius 2 is 1.97 bits per heavy atom. The molecule has 0 saturated carbocycles. The average molecular weight is 421 g/mol. The van der Waals surface area contributed by atoms with Crippen LogP contribution in [0.15, 0.2) is 33.8 Å². The van der Waals surface area contributed by atoms with E-state index in [1.54, 1.807) is 4.90 Å². The largest absolute Gasteiger partial charge is 0.455 e. The first-order chi connectivity index (χ1) is 14.3. The Morgan fingerprint density at radius 3 is 2.70 bits per heavy atom. The highest BCUT2D eigenvalue weighted by Crippen LogP contribution is 2.32. The van der Waals surface area contributed by atoms with Crippen LogP contribution in [0.5, 0.6) is 0 Å². The van der Waals surface area contributed by atoms with Crippen LogP contribution in [0.3, 0.4) is 0 Å². The Labute approximate surface area is 171 Å². The number of anilines is 1. The Morgan fingerprint density at radius 1 is 1.20 bits per heavy atom. The Balaban J connectivity index is 1.59. The van der Waals surface area contributed by atoms with Crippen LogP contribution in [-0.4, -0.2) is 42.8 Å². The number of rotatable bonds is 3. The van der Waals surface area contributed by atoms with Crippen molar-refractivity contribution in [3.05, 3.63) is 52.5 Å². The van der Waals surface area contributed by atoms with E-state index in [1.165, 1.54) is 12.1 Å². The number of benzene rings is 1. The maximum absolute atomic E-state index is 12.9. The summed E-state index contributed by atoms with van der Waals surface area (Å²) >= 11 is 0. The van der Waals surface area contributed by atoms with Crippen LogP contribution in [0, 0.1) is 6.92 Å². The molecule has 2 heterocycles. The van der Waals surface area contributed by atoms with E-state index in [-0.39, 0.29) is 11.6 Å². The number of hydrogen-bond donors (Lipinski definition) is 1. The average Bonchev–Trinajstić information content (AvgIpc) is 3.09. The first-order valence-corrected chi connectivity index (χ1v) is 9.84. The molecule has 1 N–H and O–H groups in total. The maximum Gasteiger partial charge on any atom is 0.416 e. The summed E-state index contributed by atoms with van der Waals surface area (Å²) in [5.41, 5.74) is 4.40. The lowest BCUT2D eigenvalue weighted by Gasteiger charge is -2.26. The van der Waals surface area contributed by atoms with E-state index in [9.17, 15) is 18.0 Å². The summed E-state index contributed by atoms with van der Waals surface area (Å²) in [6.07, 6.45) is -2.30. The second-order valence-electron chi connectivity index (χ2n) is 7.36. The molecule has 2 aliphatic rings. The van der Waals surface area contributed by atoms with E-state index in [0.717, 1.165) is 24.1 Å².